The Bertz CT molecular complexity index is 1580. The Morgan fingerprint density at radius 3 is 2.37 bits per heavy atom. The highest BCUT2D eigenvalue weighted by Gasteiger charge is 2.33. The Kier molecular flexibility index (Phi) is 11.3. The van der Waals surface area contributed by atoms with Gasteiger partial charge in [0.2, 0.25) is 23.6 Å². The molecule has 0 unspecified atom stereocenters. The highest BCUT2D eigenvalue weighted by molar-refractivity contribution is 5.99. The topological polar surface area (TPSA) is 150 Å². The second-order valence-corrected chi connectivity index (χ2v) is 11.9. The number of para-hydroxylation sites is 1. The predicted octanol–water partition coefficient (Wildman–Crippen LogP) is 1.92. The molecule has 244 valence electrons. The first-order chi connectivity index (χ1) is 22.0. The minimum absolute atomic E-state index is 0.00641. The number of benzene rings is 2. The van der Waals surface area contributed by atoms with E-state index in [1.807, 2.05) is 56.3 Å². The number of methoxy groups -OCH3 is 1. The fraction of sp³-hybridized carbons (Fsp3) is 0.412. The van der Waals surface area contributed by atoms with Gasteiger partial charge in [-0.15, -0.1) is 0 Å². The van der Waals surface area contributed by atoms with E-state index in [1.54, 1.807) is 19.1 Å². The van der Waals surface area contributed by atoms with Gasteiger partial charge in [0.1, 0.15) is 29.6 Å². The van der Waals surface area contributed by atoms with E-state index in [-0.39, 0.29) is 31.1 Å². The maximum atomic E-state index is 13.9. The number of ether oxygens (including phenoxy) is 1. The summed E-state index contributed by atoms with van der Waals surface area (Å²) < 4.78 is 5.52. The van der Waals surface area contributed by atoms with Crippen molar-refractivity contribution in [3.05, 3.63) is 71.9 Å². The minimum Gasteiger partial charge on any atom is -0.496 e. The number of nitrogens with zero attached hydrogens (tertiary/aromatic N) is 3. The molecule has 1 aliphatic rings. The SMILES string of the molecule is COc1cc(C(=O)N2CCNC(=O)[C@H](Cc3ccccc3)NC(=O)[C@H](C)N(C)C(=O)[C@H](CC(C)C)NC(=O)C2)nc2ccccc12. The van der Waals surface area contributed by atoms with Crippen LogP contribution in [0.25, 0.3) is 10.9 Å². The third-order valence-electron chi connectivity index (χ3n) is 7.98. The van der Waals surface area contributed by atoms with Gasteiger partial charge in [0.05, 0.1) is 19.2 Å². The number of fused-ring (bicyclic) bond motifs is 1. The number of nitrogens with one attached hydrogen (secondary N) is 3. The van der Waals surface area contributed by atoms with Gasteiger partial charge in [-0.25, -0.2) is 4.98 Å². The second-order valence-electron chi connectivity index (χ2n) is 11.9. The zero-order valence-corrected chi connectivity index (χ0v) is 26.9. The van der Waals surface area contributed by atoms with Gasteiger partial charge in [0.15, 0.2) is 0 Å². The second kappa shape index (κ2) is 15.3. The number of rotatable bonds is 6. The monoisotopic (exact) mass is 630 g/mol. The molecule has 0 bridgehead atoms. The molecule has 2 aromatic carbocycles. The normalized spacial score (nSPS) is 20.4. The van der Waals surface area contributed by atoms with Crippen molar-refractivity contribution in [3.8, 4) is 5.75 Å². The van der Waals surface area contributed by atoms with E-state index in [2.05, 4.69) is 20.9 Å². The quantitative estimate of drug-likeness (QED) is 0.377. The molecule has 5 amide bonds. The molecule has 46 heavy (non-hydrogen) atoms. The number of aromatic nitrogens is 1. The summed E-state index contributed by atoms with van der Waals surface area (Å²) in [6.45, 7) is 4.98. The van der Waals surface area contributed by atoms with Gasteiger partial charge in [-0.05, 0) is 37.0 Å². The Morgan fingerprint density at radius 2 is 1.67 bits per heavy atom. The van der Waals surface area contributed by atoms with Gasteiger partial charge in [-0.3, -0.25) is 24.0 Å². The minimum atomic E-state index is -0.951. The van der Waals surface area contributed by atoms with Crippen molar-refractivity contribution in [2.75, 3.05) is 33.8 Å². The van der Waals surface area contributed by atoms with E-state index in [0.29, 0.717) is 17.7 Å². The van der Waals surface area contributed by atoms with Crippen LogP contribution in [0.5, 0.6) is 5.75 Å². The molecule has 0 radical (unpaired) electrons. The smallest absolute Gasteiger partial charge is 0.273 e. The summed E-state index contributed by atoms with van der Waals surface area (Å²) in [5.41, 5.74) is 1.43. The van der Waals surface area contributed by atoms with Crippen LogP contribution < -0.4 is 20.7 Å². The lowest BCUT2D eigenvalue weighted by molar-refractivity contribution is -0.142. The summed E-state index contributed by atoms with van der Waals surface area (Å²) in [5, 5.41) is 9.12. The molecule has 3 aromatic rings. The molecule has 4 rings (SSSR count). The van der Waals surface area contributed by atoms with Crippen molar-refractivity contribution in [1.29, 1.82) is 0 Å². The average molecular weight is 631 g/mol. The molecule has 0 aliphatic carbocycles. The van der Waals surface area contributed by atoms with Crippen LogP contribution in [0.1, 0.15) is 43.2 Å². The summed E-state index contributed by atoms with van der Waals surface area (Å²) in [6, 6.07) is 15.2. The van der Waals surface area contributed by atoms with Crippen LogP contribution in [0.15, 0.2) is 60.7 Å². The highest BCUT2D eigenvalue weighted by atomic mass is 16.5. The maximum absolute atomic E-state index is 13.9. The van der Waals surface area contributed by atoms with Crippen LogP contribution in [0, 0.1) is 5.92 Å². The molecule has 3 atom stereocenters. The zero-order chi connectivity index (χ0) is 33.4. The predicted molar refractivity (Wildman–Crippen MR) is 173 cm³/mol. The largest absolute Gasteiger partial charge is 0.496 e. The first-order valence-corrected chi connectivity index (χ1v) is 15.4. The number of pyridine rings is 1. The van der Waals surface area contributed by atoms with E-state index >= 15 is 0 Å². The van der Waals surface area contributed by atoms with E-state index in [0.717, 1.165) is 10.9 Å². The summed E-state index contributed by atoms with van der Waals surface area (Å²) in [5.74, 6) is -2.05. The molecular formula is C34H42N6O6. The zero-order valence-electron chi connectivity index (χ0n) is 26.9. The van der Waals surface area contributed by atoms with Crippen molar-refractivity contribution < 1.29 is 28.7 Å². The van der Waals surface area contributed by atoms with Crippen LogP contribution in [-0.2, 0) is 25.6 Å². The number of hydrogen-bond acceptors (Lipinski definition) is 7. The molecule has 1 aliphatic heterocycles. The van der Waals surface area contributed by atoms with Crippen LogP contribution in [0.4, 0.5) is 0 Å². The molecule has 2 heterocycles. The number of carbonyl (C=O) groups is 5. The molecule has 1 saturated heterocycles. The first-order valence-electron chi connectivity index (χ1n) is 15.4. The Balaban J connectivity index is 1.68. The van der Waals surface area contributed by atoms with E-state index in [1.165, 1.54) is 30.0 Å². The van der Waals surface area contributed by atoms with Crippen molar-refractivity contribution in [3.63, 3.8) is 0 Å². The van der Waals surface area contributed by atoms with Crippen molar-refractivity contribution in [1.82, 2.24) is 30.7 Å². The summed E-state index contributed by atoms with van der Waals surface area (Å²) in [6.07, 6.45) is 0.527. The molecule has 0 saturated carbocycles. The fourth-order valence-electron chi connectivity index (χ4n) is 5.34. The first kappa shape index (κ1) is 33.9. The molecule has 1 fully saturated rings. The van der Waals surface area contributed by atoms with Crippen LogP contribution in [0.2, 0.25) is 0 Å². The number of hydrogen-bond donors (Lipinski definition) is 3. The van der Waals surface area contributed by atoms with Gasteiger partial charge < -0.3 is 30.5 Å². The van der Waals surface area contributed by atoms with Crippen LogP contribution >= 0.6 is 0 Å². The Labute approximate surface area is 268 Å². The maximum Gasteiger partial charge on any atom is 0.273 e. The van der Waals surface area contributed by atoms with Crippen LogP contribution in [0.3, 0.4) is 0 Å². The molecule has 0 spiro atoms. The van der Waals surface area contributed by atoms with Gasteiger partial charge in [0, 0.05) is 38.0 Å². The third kappa shape index (κ3) is 8.38. The van der Waals surface area contributed by atoms with Gasteiger partial charge in [-0.2, -0.15) is 0 Å². The number of likely N-dealkylation sites (N-methyl/N-ethyl adjacent to an activating group) is 1. The van der Waals surface area contributed by atoms with E-state index in [9.17, 15) is 24.0 Å². The molecule has 12 heteroatoms. The Morgan fingerprint density at radius 1 is 0.978 bits per heavy atom. The number of amides is 5. The summed E-state index contributed by atoms with van der Waals surface area (Å²) >= 11 is 0. The molecule has 1 aromatic heterocycles. The Hall–Kier alpha value is -5.00. The summed E-state index contributed by atoms with van der Waals surface area (Å²) in [4.78, 5) is 74.8. The van der Waals surface area contributed by atoms with Crippen molar-refractivity contribution in [2.24, 2.45) is 5.92 Å². The fourth-order valence-corrected chi connectivity index (χ4v) is 5.34. The lowest BCUT2D eigenvalue weighted by Crippen LogP contribution is -2.57. The van der Waals surface area contributed by atoms with Gasteiger partial charge in [-0.1, -0.05) is 56.3 Å². The van der Waals surface area contributed by atoms with Crippen molar-refractivity contribution in [2.45, 2.75) is 51.7 Å². The lowest BCUT2D eigenvalue weighted by Gasteiger charge is -2.30. The standard InChI is InChI=1S/C34H42N6O6/c1-21(2)17-27-33(44)39(4)22(3)31(42)38-26(18-23-11-7-6-8-12-23)32(43)35-15-16-40(20-30(41)37-27)34(45)28-19-29(46-5)24-13-9-10-14-25(24)36-28/h6-14,19,21-22,26-27H,15-18,20H2,1-5H3,(H,35,43)(H,37,41)(H,38,42)/t22-,26-,27-/m0/s1. The highest BCUT2D eigenvalue weighted by Crippen LogP contribution is 2.25. The van der Waals surface area contributed by atoms with E-state index in [4.69, 9.17) is 4.74 Å². The molecule has 3 N–H and O–H groups in total. The van der Waals surface area contributed by atoms with Gasteiger partial charge >= 0.3 is 0 Å². The summed E-state index contributed by atoms with van der Waals surface area (Å²) in [7, 11) is 2.99. The van der Waals surface area contributed by atoms with Crippen LogP contribution in [-0.4, -0.2) is 96.2 Å². The van der Waals surface area contributed by atoms with Crippen molar-refractivity contribution >= 4 is 40.4 Å². The van der Waals surface area contributed by atoms with E-state index < -0.39 is 54.2 Å². The number of carbonyl (C=O) groups excluding carboxylic acids is 5. The van der Waals surface area contributed by atoms with Gasteiger partial charge in [0.25, 0.3) is 5.91 Å². The molecule has 12 nitrogen and oxygen atoms in total. The third-order valence-corrected chi connectivity index (χ3v) is 7.98. The lowest BCUT2D eigenvalue weighted by atomic mass is 10.0. The average Bonchev–Trinajstić information content (AvgIpc) is 3.05. The molecular weight excluding hydrogens is 588 g/mol.